The second-order valence-corrected chi connectivity index (χ2v) is 7.25. The quantitative estimate of drug-likeness (QED) is 0.322. The van der Waals surface area contributed by atoms with Crippen LogP contribution in [0, 0.1) is 0 Å². The van der Waals surface area contributed by atoms with Gasteiger partial charge in [-0.3, -0.25) is 0 Å². The van der Waals surface area contributed by atoms with Crippen LogP contribution in [0.3, 0.4) is 0 Å². The van der Waals surface area contributed by atoms with Crippen LogP contribution in [0.15, 0.2) is 72.8 Å². The lowest BCUT2D eigenvalue weighted by molar-refractivity contribution is 0.828. The Morgan fingerprint density at radius 1 is 0.769 bits per heavy atom. The first-order valence-electron chi connectivity index (χ1n) is 9.40. The lowest BCUT2D eigenvalue weighted by atomic mass is 9.99. The van der Waals surface area contributed by atoms with Gasteiger partial charge in [-0.05, 0) is 46.9 Å². The number of aromatic nitrogens is 1. The van der Waals surface area contributed by atoms with Crippen molar-refractivity contribution < 1.29 is 0 Å². The Balaban J connectivity index is 1.88. The Bertz CT molecular complexity index is 1340. The standard InChI is InChI=1S/C25H19N/c1-2-26-22-14-12-16-7-3-5-9-19(16)24(22)21-13-11-18-15-17-8-4-6-10-20(17)23(18)25(21)26/h3-14H,2,15H2,1H3. The number of benzene rings is 4. The van der Waals surface area contributed by atoms with Crippen LogP contribution in [0.4, 0.5) is 0 Å². The van der Waals surface area contributed by atoms with E-state index >= 15 is 0 Å². The number of fused-ring (bicyclic) bond motifs is 9. The lowest BCUT2D eigenvalue weighted by Gasteiger charge is -2.09. The minimum absolute atomic E-state index is 0.983. The van der Waals surface area contributed by atoms with Crippen molar-refractivity contribution in [2.45, 2.75) is 19.9 Å². The van der Waals surface area contributed by atoms with Crippen molar-refractivity contribution in [1.29, 1.82) is 0 Å². The largest absolute Gasteiger partial charge is 0.340 e. The van der Waals surface area contributed by atoms with E-state index in [1.165, 1.54) is 54.8 Å². The number of rotatable bonds is 1. The maximum atomic E-state index is 2.51. The third kappa shape index (κ3) is 1.65. The van der Waals surface area contributed by atoms with E-state index in [9.17, 15) is 0 Å². The first-order valence-corrected chi connectivity index (χ1v) is 9.40. The normalized spacial score (nSPS) is 12.8. The van der Waals surface area contributed by atoms with E-state index in [0.717, 1.165) is 13.0 Å². The van der Waals surface area contributed by atoms with Gasteiger partial charge in [0, 0.05) is 28.4 Å². The van der Waals surface area contributed by atoms with E-state index in [1.807, 2.05) is 0 Å². The summed E-state index contributed by atoms with van der Waals surface area (Å²) < 4.78 is 2.51. The molecule has 1 heterocycles. The van der Waals surface area contributed by atoms with E-state index in [-0.39, 0.29) is 0 Å². The molecule has 5 aromatic rings. The van der Waals surface area contributed by atoms with Gasteiger partial charge in [0.25, 0.3) is 0 Å². The van der Waals surface area contributed by atoms with Gasteiger partial charge in [0.1, 0.15) is 0 Å². The summed E-state index contributed by atoms with van der Waals surface area (Å²) in [6, 6.07) is 26.9. The van der Waals surface area contributed by atoms with Gasteiger partial charge < -0.3 is 4.57 Å². The zero-order valence-electron chi connectivity index (χ0n) is 14.8. The highest BCUT2D eigenvalue weighted by Gasteiger charge is 2.24. The molecule has 1 heteroatoms. The molecule has 0 saturated heterocycles. The summed E-state index contributed by atoms with van der Waals surface area (Å²) in [5.41, 5.74) is 8.52. The van der Waals surface area contributed by atoms with E-state index in [4.69, 9.17) is 0 Å². The maximum Gasteiger partial charge on any atom is 0.0574 e. The van der Waals surface area contributed by atoms with Gasteiger partial charge in [-0.2, -0.15) is 0 Å². The van der Waals surface area contributed by atoms with Crippen LogP contribution >= 0.6 is 0 Å². The molecular formula is C25H19N. The molecule has 0 N–H and O–H groups in total. The molecule has 0 aliphatic heterocycles. The summed E-state index contributed by atoms with van der Waals surface area (Å²) in [5, 5.41) is 5.45. The predicted molar refractivity (Wildman–Crippen MR) is 111 cm³/mol. The number of hydrogen-bond donors (Lipinski definition) is 0. The number of aryl methyl sites for hydroxylation is 1. The van der Waals surface area contributed by atoms with E-state index in [0.29, 0.717) is 0 Å². The zero-order valence-corrected chi connectivity index (χ0v) is 14.8. The zero-order chi connectivity index (χ0) is 17.3. The molecule has 4 aromatic carbocycles. The molecule has 1 aromatic heterocycles. The molecule has 26 heavy (non-hydrogen) atoms. The number of nitrogens with zero attached hydrogens (tertiary/aromatic N) is 1. The average Bonchev–Trinajstić information content (AvgIpc) is 3.22. The summed E-state index contributed by atoms with van der Waals surface area (Å²) in [6.45, 7) is 3.24. The van der Waals surface area contributed by atoms with Crippen LogP contribution < -0.4 is 0 Å². The lowest BCUT2D eigenvalue weighted by Crippen LogP contribution is -1.95. The second-order valence-electron chi connectivity index (χ2n) is 7.25. The highest BCUT2D eigenvalue weighted by molar-refractivity contribution is 6.23. The van der Waals surface area contributed by atoms with Gasteiger partial charge >= 0.3 is 0 Å². The van der Waals surface area contributed by atoms with Crippen molar-refractivity contribution in [3.05, 3.63) is 83.9 Å². The molecule has 1 aliphatic rings. The van der Waals surface area contributed by atoms with Crippen LogP contribution in [-0.2, 0) is 13.0 Å². The van der Waals surface area contributed by atoms with Gasteiger partial charge in [0.05, 0.1) is 5.52 Å². The molecule has 0 amide bonds. The third-order valence-corrected chi connectivity index (χ3v) is 5.99. The Morgan fingerprint density at radius 2 is 1.62 bits per heavy atom. The first-order chi connectivity index (χ1) is 12.9. The van der Waals surface area contributed by atoms with Crippen LogP contribution in [0.25, 0.3) is 43.7 Å². The highest BCUT2D eigenvalue weighted by Crippen LogP contribution is 2.45. The van der Waals surface area contributed by atoms with Crippen molar-refractivity contribution in [2.75, 3.05) is 0 Å². The fourth-order valence-corrected chi connectivity index (χ4v) is 4.90. The van der Waals surface area contributed by atoms with Gasteiger partial charge in [0.15, 0.2) is 0 Å². The van der Waals surface area contributed by atoms with Gasteiger partial charge in [-0.1, -0.05) is 66.7 Å². The average molecular weight is 333 g/mol. The minimum atomic E-state index is 0.983. The molecule has 0 bridgehead atoms. The molecule has 0 saturated carbocycles. The predicted octanol–water partition coefficient (Wildman–Crippen LogP) is 6.54. The second kappa shape index (κ2) is 4.98. The Labute approximate surface area is 152 Å². The summed E-state index contributed by atoms with van der Waals surface area (Å²) in [5.74, 6) is 0. The minimum Gasteiger partial charge on any atom is -0.340 e. The van der Waals surface area contributed by atoms with Crippen LogP contribution in [0.2, 0.25) is 0 Å². The fraction of sp³-hybridized carbons (Fsp3) is 0.120. The molecule has 0 fully saturated rings. The third-order valence-electron chi connectivity index (χ3n) is 5.99. The van der Waals surface area contributed by atoms with Crippen molar-refractivity contribution >= 4 is 32.6 Å². The molecule has 6 rings (SSSR count). The molecule has 124 valence electrons. The van der Waals surface area contributed by atoms with Crippen molar-refractivity contribution in [3.8, 4) is 11.1 Å². The van der Waals surface area contributed by atoms with Crippen molar-refractivity contribution in [2.24, 2.45) is 0 Å². The molecule has 1 aliphatic carbocycles. The van der Waals surface area contributed by atoms with Gasteiger partial charge in [-0.25, -0.2) is 0 Å². The summed E-state index contributed by atoms with van der Waals surface area (Å²) in [7, 11) is 0. The summed E-state index contributed by atoms with van der Waals surface area (Å²) in [4.78, 5) is 0. The fourth-order valence-electron chi connectivity index (χ4n) is 4.90. The van der Waals surface area contributed by atoms with Gasteiger partial charge in [-0.15, -0.1) is 0 Å². The SMILES string of the molecule is CCn1c2ccc3ccccc3c2c2ccc3c(c21)-c1ccccc1C3. The van der Waals surface area contributed by atoms with Crippen molar-refractivity contribution in [3.63, 3.8) is 0 Å². The Hall–Kier alpha value is -3.06. The molecule has 0 unspecified atom stereocenters. The van der Waals surface area contributed by atoms with Gasteiger partial charge in [0.2, 0.25) is 0 Å². The summed E-state index contributed by atoms with van der Waals surface area (Å²) >= 11 is 0. The molecule has 0 radical (unpaired) electrons. The Morgan fingerprint density at radius 3 is 2.54 bits per heavy atom. The smallest absolute Gasteiger partial charge is 0.0574 e. The van der Waals surface area contributed by atoms with Crippen molar-refractivity contribution in [1.82, 2.24) is 4.57 Å². The molecule has 0 spiro atoms. The monoisotopic (exact) mass is 333 g/mol. The van der Waals surface area contributed by atoms with E-state index in [2.05, 4.69) is 84.3 Å². The van der Waals surface area contributed by atoms with E-state index in [1.54, 1.807) is 0 Å². The number of hydrogen-bond acceptors (Lipinski definition) is 0. The topological polar surface area (TPSA) is 4.93 Å². The van der Waals surface area contributed by atoms with Crippen LogP contribution in [0.1, 0.15) is 18.1 Å². The van der Waals surface area contributed by atoms with Crippen LogP contribution in [-0.4, -0.2) is 4.57 Å². The van der Waals surface area contributed by atoms with E-state index < -0.39 is 0 Å². The molecule has 0 atom stereocenters. The molecule has 1 nitrogen and oxygen atoms in total. The molecular weight excluding hydrogens is 314 g/mol. The first kappa shape index (κ1) is 14.1. The Kier molecular flexibility index (Phi) is 2.71. The highest BCUT2D eigenvalue weighted by atomic mass is 15.0. The summed E-state index contributed by atoms with van der Waals surface area (Å²) in [6.07, 6.45) is 1.05. The maximum absolute atomic E-state index is 2.51. The van der Waals surface area contributed by atoms with Crippen LogP contribution in [0.5, 0.6) is 0 Å².